The van der Waals surface area contributed by atoms with E-state index >= 15 is 0 Å². The molecule has 3 heteroatoms. The lowest BCUT2D eigenvalue weighted by molar-refractivity contribution is -0.130. The number of Topliss-reactive ketones (excluding diaryl/α,β-unsaturated/α-hetero) is 1. The average molecular weight is 272 g/mol. The quantitative estimate of drug-likeness (QED) is 0.670. The maximum atomic E-state index is 12.5. The first-order chi connectivity index (χ1) is 8.95. The van der Waals surface area contributed by atoms with Crippen LogP contribution in [0.25, 0.3) is 0 Å². The lowest BCUT2D eigenvalue weighted by Crippen LogP contribution is -2.39. The van der Waals surface area contributed by atoms with E-state index in [9.17, 15) is 13.6 Å². The Morgan fingerprint density at radius 1 is 1.37 bits per heavy atom. The minimum atomic E-state index is -2.22. The molecule has 1 nitrogen and oxygen atoms in total. The highest BCUT2D eigenvalue weighted by atomic mass is 19.3. The van der Waals surface area contributed by atoms with Gasteiger partial charge in [-0.15, -0.1) is 13.2 Å². The van der Waals surface area contributed by atoms with Gasteiger partial charge in [0.15, 0.2) is 0 Å². The zero-order valence-electron chi connectivity index (χ0n) is 12.1. The Balaban J connectivity index is 0.000000861. The van der Waals surface area contributed by atoms with E-state index in [4.69, 9.17) is 0 Å². The van der Waals surface area contributed by atoms with Gasteiger partial charge in [-0.3, -0.25) is 4.79 Å². The second-order valence-electron chi connectivity index (χ2n) is 6.17. The first kappa shape index (κ1) is 16.3. The summed E-state index contributed by atoms with van der Waals surface area (Å²) in [5.41, 5.74) is 0.00361. The molecule has 110 valence electrons. The van der Waals surface area contributed by atoms with E-state index in [1.165, 1.54) is 0 Å². The zero-order valence-corrected chi connectivity index (χ0v) is 12.1. The normalized spacial score (nSPS) is 35.5. The molecule has 2 aliphatic rings. The van der Waals surface area contributed by atoms with Gasteiger partial charge in [0.25, 0.3) is 0 Å². The van der Waals surface area contributed by atoms with E-state index in [1.807, 2.05) is 6.92 Å². The third-order valence-corrected chi connectivity index (χ3v) is 5.17. The minimum absolute atomic E-state index is 0.00361. The number of carbonyl (C=O) groups excluding carboxylic acids is 1. The number of hydrogen-bond donors (Lipinski definition) is 0. The van der Waals surface area contributed by atoms with Crippen LogP contribution in [0, 0.1) is 23.2 Å². The van der Waals surface area contributed by atoms with Gasteiger partial charge in [0.1, 0.15) is 5.78 Å². The number of carbonyl (C=O) groups is 1. The SMILES string of the molecule is C=C.CC(CC(F)F)[C@H]1CC[C@H]2C(=O)CCCC12C. The van der Waals surface area contributed by atoms with E-state index in [0.29, 0.717) is 18.1 Å². The van der Waals surface area contributed by atoms with Crippen molar-refractivity contribution in [3.8, 4) is 0 Å². The number of halogens is 2. The van der Waals surface area contributed by atoms with E-state index in [0.717, 1.165) is 25.7 Å². The van der Waals surface area contributed by atoms with Crippen molar-refractivity contribution in [2.75, 3.05) is 0 Å². The van der Waals surface area contributed by atoms with Crippen molar-refractivity contribution in [2.45, 2.75) is 58.8 Å². The van der Waals surface area contributed by atoms with Crippen LogP contribution in [0.1, 0.15) is 52.4 Å². The van der Waals surface area contributed by atoms with Crippen molar-refractivity contribution >= 4 is 5.78 Å². The van der Waals surface area contributed by atoms with E-state index < -0.39 is 6.43 Å². The van der Waals surface area contributed by atoms with Crippen molar-refractivity contribution in [1.29, 1.82) is 0 Å². The maximum absolute atomic E-state index is 12.5. The summed E-state index contributed by atoms with van der Waals surface area (Å²) >= 11 is 0. The summed E-state index contributed by atoms with van der Waals surface area (Å²) < 4.78 is 25.0. The van der Waals surface area contributed by atoms with Crippen LogP contribution in [0.3, 0.4) is 0 Å². The lowest BCUT2D eigenvalue weighted by Gasteiger charge is -2.42. The maximum Gasteiger partial charge on any atom is 0.238 e. The van der Waals surface area contributed by atoms with Crippen molar-refractivity contribution in [3.63, 3.8) is 0 Å². The largest absolute Gasteiger partial charge is 0.299 e. The van der Waals surface area contributed by atoms with Crippen LogP contribution in [0.4, 0.5) is 8.78 Å². The Hall–Kier alpha value is -0.730. The highest BCUT2D eigenvalue weighted by Crippen LogP contribution is 2.57. The molecule has 0 heterocycles. The van der Waals surface area contributed by atoms with Gasteiger partial charge >= 0.3 is 0 Å². The number of alkyl halides is 2. The van der Waals surface area contributed by atoms with Crippen LogP contribution in [-0.2, 0) is 4.79 Å². The predicted octanol–water partition coefficient (Wildman–Crippen LogP) is 4.87. The molecule has 0 aromatic rings. The van der Waals surface area contributed by atoms with Gasteiger partial charge in [-0.05, 0) is 42.9 Å². The Morgan fingerprint density at radius 2 is 2.00 bits per heavy atom. The van der Waals surface area contributed by atoms with Crippen molar-refractivity contribution in [1.82, 2.24) is 0 Å². The monoisotopic (exact) mass is 272 g/mol. The van der Waals surface area contributed by atoms with Gasteiger partial charge in [-0.2, -0.15) is 0 Å². The predicted molar refractivity (Wildman–Crippen MR) is 74.2 cm³/mol. The van der Waals surface area contributed by atoms with Crippen LogP contribution in [-0.4, -0.2) is 12.2 Å². The highest BCUT2D eigenvalue weighted by molar-refractivity contribution is 5.83. The second kappa shape index (κ2) is 6.62. The molecular weight excluding hydrogens is 246 g/mol. The third kappa shape index (κ3) is 3.24. The Labute approximate surface area is 115 Å². The van der Waals surface area contributed by atoms with Crippen molar-refractivity contribution in [2.24, 2.45) is 23.2 Å². The minimum Gasteiger partial charge on any atom is -0.299 e. The average Bonchev–Trinajstić information content (AvgIpc) is 2.69. The molecular formula is C16H26F2O. The summed E-state index contributed by atoms with van der Waals surface area (Å²) in [5.74, 6) is 0.883. The second-order valence-corrected chi connectivity index (χ2v) is 6.17. The Kier molecular flexibility index (Phi) is 5.69. The number of rotatable bonds is 3. The fourth-order valence-corrected chi connectivity index (χ4v) is 4.35. The molecule has 0 radical (unpaired) electrons. The van der Waals surface area contributed by atoms with Crippen LogP contribution in [0.5, 0.6) is 0 Å². The standard InChI is InChI=1S/C14H22F2O.C2H4/c1-9(8-13(15)16)10-5-6-11-12(17)4-3-7-14(10,11)2;1-2/h9-11,13H,3-8H2,1-2H3;1-2H2/t9?,10-,11+,14?;/m1./s1. The summed E-state index contributed by atoms with van der Waals surface area (Å²) in [6, 6.07) is 0. The van der Waals surface area contributed by atoms with Gasteiger partial charge in [-0.1, -0.05) is 13.8 Å². The lowest BCUT2D eigenvalue weighted by atomic mass is 9.62. The molecule has 2 aliphatic carbocycles. The van der Waals surface area contributed by atoms with Crippen LogP contribution < -0.4 is 0 Å². The van der Waals surface area contributed by atoms with Gasteiger partial charge in [-0.25, -0.2) is 8.78 Å². The molecule has 0 aromatic heterocycles. The molecule has 0 spiro atoms. The van der Waals surface area contributed by atoms with Crippen molar-refractivity contribution in [3.05, 3.63) is 13.2 Å². The molecule has 4 atom stereocenters. The highest BCUT2D eigenvalue weighted by Gasteiger charge is 2.52. The van der Waals surface area contributed by atoms with Gasteiger partial charge < -0.3 is 0 Å². The molecule has 0 N–H and O–H groups in total. The van der Waals surface area contributed by atoms with E-state index in [2.05, 4.69) is 20.1 Å². The first-order valence-corrected chi connectivity index (χ1v) is 7.26. The van der Waals surface area contributed by atoms with Crippen molar-refractivity contribution < 1.29 is 13.6 Å². The summed E-state index contributed by atoms with van der Waals surface area (Å²) in [7, 11) is 0. The fourth-order valence-electron chi connectivity index (χ4n) is 4.35. The van der Waals surface area contributed by atoms with Crippen LogP contribution in [0.2, 0.25) is 0 Å². The Bertz CT molecular complexity index is 316. The first-order valence-electron chi connectivity index (χ1n) is 7.26. The topological polar surface area (TPSA) is 17.1 Å². The van der Waals surface area contributed by atoms with Crippen LogP contribution in [0.15, 0.2) is 13.2 Å². The van der Waals surface area contributed by atoms with E-state index in [-0.39, 0.29) is 23.7 Å². The molecule has 0 bridgehead atoms. The Morgan fingerprint density at radius 3 is 2.58 bits per heavy atom. The van der Waals surface area contributed by atoms with E-state index in [1.54, 1.807) is 0 Å². The molecule has 0 aliphatic heterocycles. The molecule has 2 unspecified atom stereocenters. The smallest absolute Gasteiger partial charge is 0.238 e. The summed E-state index contributed by atoms with van der Waals surface area (Å²) in [6.07, 6.45) is 2.35. The number of hydrogen-bond acceptors (Lipinski definition) is 1. The molecule has 2 rings (SSSR count). The zero-order chi connectivity index (χ0) is 14.6. The van der Waals surface area contributed by atoms with Gasteiger partial charge in [0.05, 0.1) is 0 Å². The summed E-state index contributed by atoms with van der Waals surface area (Å²) in [6.45, 7) is 10.1. The van der Waals surface area contributed by atoms with Gasteiger partial charge in [0, 0.05) is 18.8 Å². The fraction of sp³-hybridized carbons (Fsp3) is 0.812. The molecule has 19 heavy (non-hydrogen) atoms. The summed E-state index contributed by atoms with van der Waals surface area (Å²) in [4.78, 5) is 11.9. The molecule has 0 saturated heterocycles. The number of ketones is 1. The molecule has 0 amide bonds. The molecule has 0 aromatic carbocycles. The molecule has 2 saturated carbocycles. The molecule has 2 fully saturated rings. The van der Waals surface area contributed by atoms with Crippen LogP contribution >= 0.6 is 0 Å². The number of fused-ring (bicyclic) bond motifs is 1. The van der Waals surface area contributed by atoms with Gasteiger partial charge in [0.2, 0.25) is 6.43 Å². The third-order valence-electron chi connectivity index (χ3n) is 5.17. The summed E-state index contributed by atoms with van der Waals surface area (Å²) in [5, 5.41) is 0.